The lowest BCUT2D eigenvalue weighted by molar-refractivity contribution is -0.120. The Balaban J connectivity index is 1.42. The van der Waals surface area contributed by atoms with Gasteiger partial charge in [0.25, 0.3) is 5.56 Å². The van der Waals surface area contributed by atoms with Gasteiger partial charge in [0.2, 0.25) is 5.91 Å². The van der Waals surface area contributed by atoms with E-state index in [1.165, 1.54) is 10.7 Å². The minimum absolute atomic E-state index is 0.0463. The van der Waals surface area contributed by atoms with Crippen LogP contribution >= 0.6 is 11.6 Å². The number of benzene rings is 2. The first-order valence-electron chi connectivity index (χ1n) is 10.6. The molecule has 33 heavy (non-hydrogen) atoms. The van der Waals surface area contributed by atoms with Crippen LogP contribution in [0.15, 0.2) is 59.4 Å². The second-order valence-corrected chi connectivity index (χ2v) is 8.17. The van der Waals surface area contributed by atoms with Gasteiger partial charge < -0.3 is 19.7 Å². The van der Waals surface area contributed by atoms with Gasteiger partial charge in [-0.3, -0.25) is 9.59 Å². The molecule has 9 heteroatoms. The van der Waals surface area contributed by atoms with Gasteiger partial charge >= 0.3 is 0 Å². The van der Waals surface area contributed by atoms with Gasteiger partial charge in [0.05, 0.1) is 25.6 Å². The Morgan fingerprint density at radius 3 is 2.55 bits per heavy atom. The highest BCUT2D eigenvalue weighted by atomic mass is 35.5. The third-order valence-electron chi connectivity index (χ3n) is 5.70. The zero-order valence-electron chi connectivity index (χ0n) is 18.5. The van der Waals surface area contributed by atoms with Gasteiger partial charge in [-0.05, 0) is 49.2 Å². The predicted molar refractivity (Wildman–Crippen MR) is 128 cm³/mol. The lowest BCUT2D eigenvalue weighted by atomic mass is 9.95. The average molecular weight is 469 g/mol. The Morgan fingerprint density at radius 1 is 1.06 bits per heavy atom. The maximum absolute atomic E-state index is 12.9. The summed E-state index contributed by atoms with van der Waals surface area (Å²) in [6.45, 7) is 1.30. The van der Waals surface area contributed by atoms with E-state index in [9.17, 15) is 9.59 Å². The highest BCUT2D eigenvalue weighted by molar-refractivity contribution is 6.30. The number of carbonyl (C=O) groups excluding carboxylic acids is 1. The maximum atomic E-state index is 12.9. The van der Waals surface area contributed by atoms with Crippen LogP contribution in [0.2, 0.25) is 5.02 Å². The van der Waals surface area contributed by atoms with Crippen LogP contribution in [0.25, 0.3) is 5.69 Å². The highest BCUT2D eigenvalue weighted by Crippen LogP contribution is 2.30. The summed E-state index contributed by atoms with van der Waals surface area (Å²) in [4.78, 5) is 27.3. The molecule has 1 N–H and O–H groups in total. The minimum atomic E-state index is -0.233. The molecule has 0 saturated carbocycles. The van der Waals surface area contributed by atoms with E-state index in [0.29, 0.717) is 59.6 Å². The van der Waals surface area contributed by atoms with Crippen molar-refractivity contribution in [3.05, 3.63) is 70.0 Å². The van der Waals surface area contributed by atoms with Crippen molar-refractivity contribution >= 4 is 29.0 Å². The molecule has 1 aliphatic rings. The maximum Gasteiger partial charge on any atom is 0.271 e. The molecule has 1 saturated heterocycles. The molecule has 0 aliphatic carbocycles. The number of piperidine rings is 1. The number of carbonyl (C=O) groups is 1. The Bertz CT molecular complexity index is 1210. The molecule has 4 rings (SSSR count). The van der Waals surface area contributed by atoms with Crippen LogP contribution in [0.1, 0.15) is 12.8 Å². The minimum Gasteiger partial charge on any atom is -0.497 e. The van der Waals surface area contributed by atoms with Crippen molar-refractivity contribution in [2.24, 2.45) is 5.92 Å². The van der Waals surface area contributed by atoms with E-state index in [0.717, 1.165) is 0 Å². The molecule has 2 aromatic carbocycles. The fraction of sp³-hybridized carbons (Fsp3) is 0.292. The molecular formula is C24H25ClN4O4. The lowest BCUT2D eigenvalue weighted by Crippen LogP contribution is -2.39. The summed E-state index contributed by atoms with van der Waals surface area (Å²) in [5.41, 5.74) is 0.988. The second kappa shape index (κ2) is 9.95. The molecule has 172 valence electrons. The summed E-state index contributed by atoms with van der Waals surface area (Å²) in [6.07, 6.45) is 1.34. The molecule has 0 unspecified atom stereocenters. The molecule has 0 atom stereocenters. The number of ether oxygens (including phenoxy) is 2. The van der Waals surface area contributed by atoms with Crippen LogP contribution < -0.4 is 25.2 Å². The van der Waals surface area contributed by atoms with E-state index in [1.807, 2.05) is 0 Å². The standard InChI is InChI=1S/C24H25ClN4O4/c1-32-19-6-7-20(21(15-19)33-2)26-24(31)16-10-12-28(13-11-16)22-8-9-23(30)29(27-22)18-5-3-4-17(25)14-18/h3-9,14-16H,10-13H2,1-2H3,(H,26,31). The van der Waals surface area contributed by atoms with Gasteiger partial charge in [-0.25, -0.2) is 0 Å². The van der Waals surface area contributed by atoms with E-state index in [-0.39, 0.29) is 17.4 Å². The van der Waals surface area contributed by atoms with Crippen molar-refractivity contribution in [1.29, 1.82) is 0 Å². The molecule has 0 spiro atoms. The largest absolute Gasteiger partial charge is 0.497 e. The number of hydrogen-bond donors (Lipinski definition) is 1. The third kappa shape index (κ3) is 5.12. The number of hydrogen-bond acceptors (Lipinski definition) is 6. The number of halogens is 1. The van der Waals surface area contributed by atoms with Gasteiger partial charge in [-0.1, -0.05) is 17.7 Å². The number of nitrogens with one attached hydrogen (secondary N) is 1. The highest BCUT2D eigenvalue weighted by Gasteiger charge is 2.26. The van der Waals surface area contributed by atoms with Crippen LogP contribution in [0.3, 0.4) is 0 Å². The van der Waals surface area contributed by atoms with E-state index in [4.69, 9.17) is 21.1 Å². The molecule has 1 aliphatic heterocycles. The zero-order valence-corrected chi connectivity index (χ0v) is 19.2. The van der Waals surface area contributed by atoms with E-state index >= 15 is 0 Å². The summed E-state index contributed by atoms with van der Waals surface area (Å²) in [5, 5.41) is 8.03. The average Bonchev–Trinajstić information content (AvgIpc) is 2.84. The Kier molecular flexibility index (Phi) is 6.84. The van der Waals surface area contributed by atoms with Crippen molar-refractivity contribution in [3.63, 3.8) is 0 Å². The van der Waals surface area contributed by atoms with Gasteiger partial charge in [0, 0.05) is 36.2 Å². The molecule has 0 radical (unpaired) electrons. The van der Waals surface area contributed by atoms with E-state index in [2.05, 4.69) is 15.3 Å². The third-order valence-corrected chi connectivity index (χ3v) is 5.93. The number of methoxy groups -OCH3 is 2. The molecule has 3 aromatic rings. The van der Waals surface area contributed by atoms with Gasteiger partial charge in [-0.2, -0.15) is 4.68 Å². The van der Waals surface area contributed by atoms with E-state index in [1.54, 1.807) is 62.8 Å². The van der Waals surface area contributed by atoms with Crippen molar-refractivity contribution in [1.82, 2.24) is 9.78 Å². The lowest BCUT2D eigenvalue weighted by Gasteiger charge is -2.32. The number of amides is 1. The van der Waals surface area contributed by atoms with Gasteiger partial charge in [0.1, 0.15) is 17.3 Å². The molecule has 0 bridgehead atoms. The Labute approximate surface area is 196 Å². The number of anilines is 2. The topological polar surface area (TPSA) is 85.7 Å². The second-order valence-electron chi connectivity index (χ2n) is 7.74. The summed E-state index contributed by atoms with van der Waals surface area (Å²) >= 11 is 6.07. The molecule has 2 heterocycles. The first-order chi connectivity index (χ1) is 16.0. The van der Waals surface area contributed by atoms with Gasteiger partial charge in [0.15, 0.2) is 0 Å². The van der Waals surface area contributed by atoms with Crippen molar-refractivity contribution < 1.29 is 14.3 Å². The van der Waals surface area contributed by atoms with Crippen LogP contribution in [0, 0.1) is 5.92 Å². The summed E-state index contributed by atoms with van der Waals surface area (Å²) in [6, 6.07) is 15.5. The summed E-state index contributed by atoms with van der Waals surface area (Å²) < 4.78 is 11.9. The van der Waals surface area contributed by atoms with Crippen molar-refractivity contribution in [3.8, 4) is 17.2 Å². The zero-order chi connectivity index (χ0) is 23.4. The fourth-order valence-corrected chi connectivity index (χ4v) is 4.05. The first-order valence-corrected chi connectivity index (χ1v) is 11.0. The van der Waals surface area contributed by atoms with Crippen molar-refractivity contribution in [2.75, 3.05) is 37.5 Å². The molecule has 1 fully saturated rings. The number of aromatic nitrogens is 2. The van der Waals surface area contributed by atoms with Crippen LogP contribution in [-0.2, 0) is 4.79 Å². The summed E-state index contributed by atoms with van der Waals surface area (Å²) in [5.74, 6) is 1.71. The SMILES string of the molecule is COc1ccc(NC(=O)C2CCN(c3ccc(=O)n(-c4cccc(Cl)c4)n3)CC2)c(OC)c1. The van der Waals surface area contributed by atoms with E-state index < -0.39 is 0 Å². The fourth-order valence-electron chi connectivity index (χ4n) is 3.87. The quantitative estimate of drug-likeness (QED) is 0.593. The van der Waals surface area contributed by atoms with Crippen molar-refractivity contribution in [2.45, 2.75) is 12.8 Å². The Hall–Kier alpha value is -3.52. The smallest absolute Gasteiger partial charge is 0.271 e. The predicted octanol–water partition coefficient (Wildman–Crippen LogP) is 3.76. The van der Waals surface area contributed by atoms with Crippen LogP contribution in [0.4, 0.5) is 11.5 Å². The van der Waals surface area contributed by atoms with Crippen LogP contribution in [-0.4, -0.2) is 43.0 Å². The molecule has 1 aromatic heterocycles. The molecular weight excluding hydrogens is 444 g/mol. The molecule has 8 nitrogen and oxygen atoms in total. The molecule has 1 amide bonds. The van der Waals surface area contributed by atoms with Crippen LogP contribution in [0.5, 0.6) is 11.5 Å². The van der Waals surface area contributed by atoms with Gasteiger partial charge in [-0.15, -0.1) is 5.10 Å². The first kappa shape index (κ1) is 22.7. The normalized spacial score (nSPS) is 14.1. The number of nitrogens with zero attached hydrogens (tertiary/aromatic N) is 3. The summed E-state index contributed by atoms with van der Waals surface area (Å²) in [7, 11) is 3.13. The number of rotatable bonds is 6. The monoisotopic (exact) mass is 468 g/mol. The Morgan fingerprint density at radius 2 is 1.85 bits per heavy atom.